The van der Waals surface area contributed by atoms with Gasteiger partial charge in [0.15, 0.2) is 0 Å². The molecule has 0 aromatic rings. The smallest absolute Gasteiger partial charge is 0.115 e. The molecule has 2 saturated heterocycles. The molecule has 0 aromatic heterocycles. The van der Waals surface area contributed by atoms with E-state index in [1.807, 2.05) is 20.8 Å². The number of aliphatic hydroxyl groups excluding tert-OH is 7. The predicted octanol–water partition coefficient (Wildman–Crippen LogP) is -1.31. The second kappa shape index (κ2) is 10.9. The molecule has 0 spiro atoms. The van der Waals surface area contributed by atoms with Crippen molar-refractivity contribution < 1.29 is 50.0 Å². The number of rotatable bonds is 9. The Bertz CT molecular complexity index is 583. The fourth-order valence-electron chi connectivity index (χ4n) is 4.73. The van der Waals surface area contributed by atoms with Crippen LogP contribution in [0.25, 0.3) is 0 Å². The summed E-state index contributed by atoms with van der Waals surface area (Å²) in [5.74, 6) is 0. The van der Waals surface area contributed by atoms with Crippen molar-refractivity contribution >= 4 is 0 Å². The number of hydrogen-bond acceptors (Lipinski definition) is 10. The minimum Gasteiger partial charge on any atom is -0.394 e. The zero-order valence-corrected chi connectivity index (χ0v) is 19.7. The van der Waals surface area contributed by atoms with Crippen molar-refractivity contribution in [1.29, 1.82) is 0 Å². The summed E-state index contributed by atoms with van der Waals surface area (Å²) in [6, 6.07) is 0. The highest BCUT2D eigenvalue weighted by Crippen LogP contribution is 2.41. The van der Waals surface area contributed by atoms with E-state index in [0.717, 1.165) is 0 Å². The van der Waals surface area contributed by atoms with Crippen molar-refractivity contribution in [3.8, 4) is 0 Å². The van der Waals surface area contributed by atoms with Gasteiger partial charge in [-0.3, -0.25) is 0 Å². The maximum atomic E-state index is 11.0. The fourth-order valence-corrected chi connectivity index (χ4v) is 4.73. The molecule has 7 N–H and O–H groups in total. The summed E-state index contributed by atoms with van der Waals surface area (Å²) in [7, 11) is 0. The van der Waals surface area contributed by atoms with E-state index >= 15 is 0 Å². The average molecular weight is 467 g/mol. The van der Waals surface area contributed by atoms with Crippen LogP contribution in [0.1, 0.15) is 53.9 Å². The molecule has 0 aromatic carbocycles. The lowest BCUT2D eigenvalue weighted by Crippen LogP contribution is -2.68. The molecule has 0 amide bonds. The monoisotopic (exact) mass is 466 g/mol. The number of ether oxygens (including phenoxy) is 3. The molecule has 11 atom stereocenters. The number of hydrogen-bond donors (Lipinski definition) is 7. The topological polar surface area (TPSA) is 169 Å². The summed E-state index contributed by atoms with van der Waals surface area (Å²) in [6.45, 7) is 8.18. The summed E-state index contributed by atoms with van der Waals surface area (Å²) < 4.78 is 17.9. The summed E-state index contributed by atoms with van der Waals surface area (Å²) in [5, 5.41) is 72.2. The normalized spacial score (nSPS) is 43.1. The van der Waals surface area contributed by atoms with Crippen LogP contribution in [0.2, 0.25) is 0 Å². The minimum atomic E-state index is -1.58. The van der Waals surface area contributed by atoms with Crippen molar-refractivity contribution in [3.05, 3.63) is 0 Å². The van der Waals surface area contributed by atoms with Crippen molar-refractivity contribution in [1.82, 2.24) is 0 Å². The molecule has 2 rings (SSSR count). The van der Waals surface area contributed by atoms with Crippen LogP contribution in [0.5, 0.6) is 0 Å². The standard InChI is InChI=1S/C22H42O10/c1-6-21(4,7-2)19-17(29)15(27)18(12(10-24)31-19)32-22(5,8-3)20-16(28)14(26)13(25)11(9-23)30-20/h11-20,23-29H,6-10H2,1-5H3. The number of aliphatic hydroxyl groups is 7. The molecule has 2 fully saturated rings. The van der Waals surface area contributed by atoms with Gasteiger partial charge in [-0.25, -0.2) is 0 Å². The first-order valence-electron chi connectivity index (χ1n) is 11.5. The Labute approximate surface area is 189 Å². The highest BCUT2D eigenvalue weighted by molar-refractivity contribution is 5.04. The maximum Gasteiger partial charge on any atom is 0.115 e. The van der Waals surface area contributed by atoms with Gasteiger partial charge in [0, 0.05) is 0 Å². The molecule has 11 unspecified atom stereocenters. The van der Waals surface area contributed by atoms with E-state index in [2.05, 4.69) is 0 Å². The van der Waals surface area contributed by atoms with Crippen molar-refractivity contribution in [2.45, 2.75) is 121 Å². The van der Waals surface area contributed by atoms with Crippen LogP contribution in [-0.2, 0) is 14.2 Å². The lowest BCUT2D eigenvalue weighted by atomic mass is 9.73. The van der Waals surface area contributed by atoms with Gasteiger partial charge in [0.1, 0.15) is 54.9 Å². The Hall–Kier alpha value is -0.400. The van der Waals surface area contributed by atoms with Gasteiger partial charge >= 0.3 is 0 Å². The van der Waals surface area contributed by atoms with Gasteiger partial charge in [-0.2, -0.15) is 0 Å². The van der Waals surface area contributed by atoms with Crippen LogP contribution in [-0.4, -0.2) is 116 Å². The second-order valence-corrected chi connectivity index (χ2v) is 9.62. The molecule has 2 aliphatic rings. The average Bonchev–Trinajstić information content (AvgIpc) is 2.80. The highest BCUT2D eigenvalue weighted by Gasteiger charge is 2.56. The van der Waals surface area contributed by atoms with Gasteiger partial charge < -0.3 is 50.0 Å². The van der Waals surface area contributed by atoms with Crippen LogP contribution in [0.4, 0.5) is 0 Å². The molecule has 0 radical (unpaired) electrons. The first-order chi connectivity index (χ1) is 14.9. The third-order valence-electron chi connectivity index (χ3n) is 7.77. The lowest BCUT2D eigenvalue weighted by molar-refractivity contribution is -0.320. The summed E-state index contributed by atoms with van der Waals surface area (Å²) in [6.07, 6.45) is -10.7. The molecule has 10 nitrogen and oxygen atoms in total. The van der Waals surface area contributed by atoms with Crippen molar-refractivity contribution in [3.63, 3.8) is 0 Å². The zero-order chi connectivity index (χ0) is 24.4. The molecule has 10 heteroatoms. The van der Waals surface area contributed by atoms with Crippen molar-refractivity contribution in [2.75, 3.05) is 13.2 Å². The van der Waals surface area contributed by atoms with Crippen LogP contribution >= 0.6 is 0 Å². The van der Waals surface area contributed by atoms with Crippen LogP contribution in [0.3, 0.4) is 0 Å². The van der Waals surface area contributed by atoms with Gasteiger partial charge in [0.05, 0.1) is 24.9 Å². The van der Waals surface area contributed by atoms with E-state index in [0.29, 0.717) is 12.8 Å². The fraction of sp³-hybridized carbons (Fsp3) is 1.00. The molecule has 0 aliphatic carbocycles. The van der Waals surface area contributed by atoms with E-state index in [4.69, 9.17) is 14.2 Å². The Morgan fingerprint density at radius 3 is 1.62 bits per heavy atom. The van der Waals surface area contributed by atoms with Gasteiger partial charge in [-0.1, -0.05) is 27.7 Å². The largest absolute Gasteiger partial charge is 0.394 e. The molecule has 32 heavy (non-hydrogen) atoms. The first kappa shape index (κ1) is 27.8. The molecule has 2 heterocycles. The Morgan fingerprint density at radius 2 is 1.16 bits per heavy atom. The van der Waals surface area contributed by atoms with E-state index in [1.165, 1.54) is 0 Å². The molecular formula is C22H42O10. The summed E-state index contributed by atoms with van der Waals surface area (Å²) in [4.78, 5) is 0. The Morgan fingerprint density at radius 1 is 0.656 bits per heavy atom. The van der Waals surface area contributed by atoms with Crippen LogP contribution < -0.4 is 0 Å². The zero-order valence-electron chi connectivity index (χ0n) is 19.7. The quantitative estimate of drug-likeness (QED) is 0.217. The van der Waals surface area contributed by atoms with Crippen molar-refractivity contribution in [2.24, 2.45) is 5.41 Å². The van der Waals surface area contributed by atoms with E-state index in [1.54, 1.807) is 13.8 Å². The third-order valence-corrected chi connectivity index (χ3v) is 7.77. The molecule has 2 aliphatic heterocycles. The predicted molar refractivity (Wildman–Crippen MR) is 114 cm³/mol. The Balaban J connectivity index is 2.31. The summed E-state index contributed by atoms with van der Waals surface area (Å²) in [5.41, 5.74) is -1.74. The SMILES string of the molecule is CCC(C)(CC)C1OC(CO)C(OC(C)(CC)C2OC(CO)C(O)C(O)C2O)C(O)C1O. The van der Waals surface area contributed by atoms with Gasteiger partial charge in [-0.15, -0.1) is 0 Å². The maximum absolute atomic E-state index is 11.0. The van der Waals surface area contributed by atoms with E-state index in [9.17, 15) is 35.7 Å². The van der Waals surface area contributed by atoms with Crippen LogP contribution in [0, 0.1) is 5.41 Å². The Kier molecular flexibility index (Phi) is 9.48. The third kappa shape index (κ3) is 5.00. The summed E-state index contributed by atoms with van der Waals surface area (Å²) >= 11 is 0. The van der Waals surface area contributed by atoms with Crippen LogP contribution in [0.15, 0.2) is 0 Å². The van der Waals surface area contributed by atoms with E-state index in [-0.39, 0.29) is 6.42 Å². The van der Waals surface area contributed by atoms with Gasteiger partial charge in [0.2, 0.25) is 0 Å². The highest BCUT2D eigenvalue weighted by atomic mass is 16.6. The molecule has 0 saturated carbocycles. The minimum absolute atomic E-state index is 0.248. The van der Waals surface area contributed by atoms with E-state index < -0.39 is 85.3 Å². The molecular weight excluding hydrogens is 424 g/mol. The second-order valence-electron chi connectivity index (χ2n) is 9.62. The van der Waals surface area contributed by atoms with Gasteiger partial charge in [0.25, 0.3) is 0 Å². The first-order valence-corrected chi connectivity index (χ1v) is 11.5. The lowest BCUT2D eigenvalue weighted by Gasteiger charge is -2.52. The molecule has 190 valence electrons. The van der Waals surface area contributed by atoms with Gasteiger partial charge in [-0.05, 0) is 31.6 Å². The molecule has 0 bridgehead atoms.